The molecule has 2 N–H and O–H groups in total. The molecular weight excluding hydrogens is 300 g/mol. The first-order valence-electron chi connectivity index (χ1n) is 7.05. The van der Waals surface area contributed by atoms with Gasteiger partial charge < -0.3 is 10.6 Å². The van der Waals surface area contributed by atoms with Crippen LogP contribution in [-0.4, -0.2) is 27.8 Å². The summed E-state index contributed by atoms with van der Waals surface area (Å²) in [6, 6.07) is 3.71. The standard InChI is InChI=1S/C15H21ClN6/c1-10-13(11(2)22(4)21-10)9-20-15(17-3)19-8-12-5-6-14(16)18-7-12/h5-7H,8-9H2,1-4H3,(H2,17,19,20). The Bertz CT molecular complexity index is 659. The van der Waals surface area contributed by atoms with Crippen molar-refractivity contribution >= 4 is 17.6 Å². The van der Waals surface area contributed by atoms with Crippen LogP contribution in [0.3, 0.4) is 0 Å². The number of pyridine rings is 1. The average molecular weight is 321 g/mol. The number of rotatable bonds is 4. The Labute approximate surface area is 135 Å². The Morgan fingerprint density at radius 2 is 2.00 bits per heavy atom. The lowest BCUT2D eigenvalue weighted by Crippen LogP contribution is -2.36. The molecule has 0 aliphatic heterocycles. The van der Waals surface area contributed by atoms with Gasteiger partial charge in [0.2, 0.25) is 0 Å². The highest BCUT2D eigenvalue weighted by Crippen LogP contribution is 2.11. The number of hydrogen-bond donors (Lipinski definition) is 2. The van der Waals surface area contributed by atoms with Crippen LogP contribution in [-0.2, 0) is 20.1 Å². The van der Waals surface area contributed by atoms with E-state index in [1.54, 1.807) is 19.3 Å². The van der Waals surface area contributed by atoms with Crippen molar-refractivity contribution < 1.29 is 0 Å². The summed E-state index contributed by atoms with van der Waals surface area (Å²) in [7, 11) is 3.70. The van der Waals surface area contributed by atoms with Gasteiger partial charge in [0.1, 0.15) is 5.15 Å². The van der Waals surface area contributed by atoms with Crippen molar-refractivity contribution in [3.8, 4) is 0 Å². The normalized spacial score (nSPS) is 11.6. The van der Waals surface area contributed by atoms with E-state index in [1.165, 1.54) is 5.56 Å². The number of hydrogen-bond acceptors (Lipinski definition) is 3. The number of aromatic nitrogens is 3. The van der Waals surface area contributed by atoms with Gasteiger partial charge in [0, 0.05) is 44.6 Å². The zero-order valence-corrected chi connectivity index (χ0v) is 14.1. The number of aryl methyl sites for hydroxylation is 2. The Hall–Kier alpha value is -2.08. The second-order valence-electron chi connectivity index (χ2n) is 5.04. The summed E-state index contributed by atoms with van der Waals surface area (Å²) in [5, 5.41) is 11.5. The third kappa shape index (κ3) is 3.98. The van der Waals surface area contributed by atoms with Gasteiger partial charge in [-0.2, -0.15) is 5.10 Å². The number of aliphatic imine (C=N–C) groups is 1. The van der Waals surface area contributed by atoms with Crippen LogP contribution in [0.4, 0.5) is 0 Å². The number of nitrogens with one attached hydrogen (secondary N) is 2. The van der Waals surface area contributed by atoms with E-state index in [1.807, 2.05) is 24.7 Å². The van der Waals surface area contributed by atoms with Gasteiger partial charge in [0.05, 0.1) is 5.69 Å². The predicted octanol–water partition coefficient (Wildman–Crippen LogP) is 1.95. The smallest absolute Gasteiger partial charge is 0.191 e. The van der Waals surface area contributed by atoms with Crippen molar-refractivity contribution in [3.05, 3.63) is 46.0 Å². The molecule has 0 aromatic carbocycles. The Kier molecular flexibility index (Phi) is 5.38. The van der Waals surface area contributed by atoms with E-state index in [9.17, 15) is 0 Å². The molecule has 0 radical (unpaired) electrons. The van der Waals surface area contributed by atoms with Gasteiger partial charge in [-0.05, 0) is 25.5 Å². The second-order valence-corrected chi connectivity index (χ2v) is 5.43. The second kappa shape index (κ2) is 7.26. The van der Waals surface area contributed by atoms with Crippen LogP contribution in [0.5, 0.6) is 0 Å². The van der Waals surface area contributed by atoms with Crippen molar-refractivity contribution in [1.82, 2.24) is 25.4 Å². The molecule has 22 heavy (non-hydrogen) atoms. The minimum absolute atomic E-state index is 0.494. The minimum atomic E-state index is 0.494. The number of halogens is 1. The van der Waals surface area contributed by atoms with Crippen LogP contribution in [0.15, 0.2) is 23.3 Å². The molecule has 0 bridgehead atoms. The summed E-state index contributed by atoms with van der Waals surface area (Å²) in [5.41, 5.74) is 4.42. The fraction of sp³-hybridized carbons (Fsp3) is 0.400. The first-order valence-corrected chi connectivity index (χ1v) is 7.43. The summed E-state index contributed by atoms with van der Waals surface area (Å²) in [6.45, 7) is 5.39. The zero-order chi connectivity index (χ0) is 16.1. The molecule has 6 nitrogen and oxygen atoms in total. The molecule has 0 aliphatic rings. The van der Waals surface area contributed by atoms with Gasteiger partial charge in [-0.25, -0.2) is 4.98 Å². The molecule has 118 valence electrons. The van der Waals surface area contributed by atoms with Crippen LogP contribution in [0, 0.1) is 13.8 Å². The van der Waals surface area contributed by atoms with Crippen molar-refractivity contribution in [3.63, 3.8) is 0 Å². The van der Waals surface area contributed by atoms with E-state index < -0.39 is 0 Å². The maximum atomic E-state index is 5.78. The van der Waals surface area contributed by atoms with Crippen molar-refractivity contribution in [2.24, 2.45) is 12.0 Å². The van der Waals surface area contributed by atoms with E-state index in [4.69, 9.17) is 11.6 Å². The number of nitrogens with zero attached hydrogens (tertiary/aromatic N) is 4. The van der Waals surface area contributed by atoms with Gasteiger partial charge in [-0.15, -0.1) is 0 Å². The van der Waals surface area contributed by atoms with Gasteiger partial charge in [-0.1, -0.05) is 17.7 Å². The summed E-state index contributed by atoms with van der Waals surface area (Å²) in [5.74, 6) is 0.734. The monoisotopic (exact) mass is 320 g/mol. The Morgan fingerprint density at radius 1 is 1.27 bits per heavy atom. The molecule has 2 heterocycles. The molecule has 7 heteroatoms. The van der Waals surface area contributed by atoms with E-state index in [2.05, 4.69) is 32.6 Å². The molecule has 0 spiro atoms. The first-order chi connectivity index (χ1) is 10.5. The quantitative estimate of drug-likeness (QED) is 0.513. The Morgan fingerprint density at radius 3 is 2.55 bits per heavy atom. The first kappa shape index (κ1) is 16.3. The molecule has 0 amide bonds. The largest absolute Gasteiger partial charge is 0.352 e. The maximum Gasteiger partial charge on any atom is 0.191 e. The highest BCUT2D eigenvalue weighted by molar-refractivity contribution is 6.29. The van der Waals surface area contributed by atoms with Gasteiger partial charge >= 0.3 is 0 Å². The zero-order valence-electron chi connectivity index (χ0n) is 13.3. The SMILES string of the molecule is CN=C(NCc1ccc(Cl)nc1)NCc1c(C)nn(C)c1C. The minimum Gasteiger partial charge on any atom is -0.352 e. The highest BCUT2D eigenvalue weighted by atomic mass is 35.5. The molecule has 0 fully saturated rings. The third-order valence-corrected chi connectivity index (χ3v) is 3.79. The lowest BCUT2D eigenvalue weighted by Gasteiger charge is -2.12. The molecule has 0 aliphatic carbocycles. The van der Waals surface area contributed by atoms with Crippen molar-refractivity contribution in [2.45, 2.75) is 26.9 Å². The van der Waals surface area contributed by atoms with E-state index in [-0.39, 0.29) is 0 Å². The predicted molar refractivity (Wildman–Crippen MR) is 89.0 cm³/mol. The van der Waals surface area contributed by atoms with Crippen LogP contribution < -0.4 is 10.6 Å². The van der Waals surface area contributed by atoms with Crippen LogP contribution in [0.2, 0.25) is 5.15 Å². The van der Waals surface area contributed by atoms with E-state index in [0.29, 0.717) is 18.2 Å². The summed E-state index contributed by atoms with van der Waals surface area (Å²) in [6.07, 6.45) is 1.75. The highest BCUT2D eigenvalue weighted by Gasteiger charge is 2.09. The molecule has 0 atom stereocenters. The van der Waals surface area contributed by atoms with Crippen LogP contribution >= 0.6 is 11.6 Å². The lowest BCUT2D eigenvalue weighted by atomic mass is 10.2. The average Bonchev–Trinajstić information content (AvgIpc) is 2.75. The van der Waals surface area contributed by atoms with Gasteiger partial charge in [0.25, 0.3) is 0 Å². The number of guanidine groups is 1. The van der Waals surface area contributed by atoms with Crippen molar-refractivity contribution in [1.29, 1.82) is 0 Å². The van der Waals surface area contributed by atoms with Crippen LogP contribution in [0.25, 0.3) is 0 Å². The molecule has 0 unspecified atom stereocenters. The fourth-order valence-electron chi connectivity index (χ4n) is 2.16. The van der Waals surface area contributed by atoms with E-state index >= 15 is 0 Å². The molecule has 2 aromatic heterocycles. The van der Waals surface area contributed by atoms with Crippen molar-refractivity contribution in [2.75, 3.05) is 7.05 Å². The lowest BCUT2D eigenvalue weighted by molar-refractivity contribution is 0.728. The van der Waals surface area contributed by atoms with Gasteiger partial charge in [0.15, 0.2) is 5.96 Å². The van der Waals surface area contributed by atoms with E-state index in [0.717, 1.165) is 22.9 Å². The van der Waals surface area contributed by atoms with Crippen LogP contribution in [0.1, 0.15) is 22.5 Å². The summed E-state index contributed by atoms with van der Waals surface area (Å²) in [4.78, 5) is 8.28. The third-order valence-electron chi connectivity index (χ3n) is 3.56. The molecule has 2 rings (SSSR count). The molecule has 2 aromatic rings. The topological polar surface area (TPSA) is 67.1 Å². The summed E-state index contributed by atoms with van der Waals surface area (Å²) >= 11 is 5.78. The summed E-state index contributed by atoms with van der Waals surface area (Å²) < 4.78 is 1.89. The molecule has 0 saturated heterocycles. The Balaban J connectivity index is 1.91. The molecular formula is C15H21ClN6. The molecule has 0 saturated carbocycles. The fourth-order valence-corrected chi connectivity index (χ4v) is 2.27. The maximum absolute atomic E-state index is 5.78. The van der Waals surface area contributed by atoms with Gasteiger partial charge in [-0.3, -0.25) is 9.67 Å².